The van der Waals surface area contributed by atoms with E-state index in [2.05, 4.69) is 72.1 Å². The van der Waals surface area contributed by atoms with Crippen molar-refractivity contribution in [2.24, 2.45) is 11.0 Å². The van der Waals surface area contributed by atoms with Crippen LogP contribution in [0.3, 0.4) is 0 Å². The van der Waals surface area contributed by atoms with Gasteiger partial charge in [0.2, 0.25) is 0 Å². The number of hydrogen-bond donors (Lipinski definition) is 1. The quantitative estimate of drug-likeness (QED) is 0.476. The Morgan fingerprint density at radius 1 is 0.903 bits per heavy atom. The fourth-order valence-corrected chi connectivity index (χ4v) is 4.88. The van der Waals surface area contributed by atoms with Gasteiger partial charge in [-0.15, -0.1) is 0 Å². The van der Waals surface area contributed by atoms with Crippen LogP contribution < -0.4 is 5.32 Å². The highest BCUT2D eigenvalue weighted by atomic mass is 32.1. The minimum Gasteiger partial charge on any atom is -0.331 e. The minimum atomic E-state index is 0.111. The van der Waals surface area contributed by atoms with Crippen molar-refractivity contribution in [2.45, 2.75) is 25.3 Å². The normalized spacial score (nSPS) is 21.5. The van der Waals surface area contributed by atoms with Crippen LogP contribution in [0.4, 0.5) is 5.69 Å². The summed E-state index contributed by atoms with van der Waals surface area (Å²) in [6, 6.07) is 31.4. The summed E-state index contributed by atoms with van der Waals surface area (Å²) in [6.45, 7) is 0. The molecule has 1 heterocycles. The fraction of sp³-hybridized carbons (Fsp3) is 0.185. The van der Waals surface area contributed by atoms with Crippen molar-refractivity contribution in [2.75, 3.05) is 5.32 Å². The zero-order chi connectivity index (χ0) is 21.0. The Morgan fingerprint density at radius 3 is 2.26 bits per heavy atom. The standard InChI is InChI=1S/C27H25N3S/c31-27(28-23-16-8-3-9-17-23)30-26(21-13-6-2-7-14-21)24-18-10-15-22(25(24)29-30)19-20-11-4-1-5-12-20/h1-9,11-14,16-17,19,24,26H,10,15,18H2,(H,28,31)/b22-19+/t24-,26+/m1/s1. The Bertz CT molecular complexity index is 1110. The first kappa shape index (κ1) is 19.7. The predicted octanol–water partition coefficient (Wildman–Crippen LogP) is 6.68. The number of anilines is 1. The molecule has 0 amide bonds. The van der Waals surface area contributed by atoms with Crippen molar-refractivity contribution in [1.29, 1.82) is 0 Å². The molecular weight excluding hydrogens is 398 g/mol. The number of fused-ring (bicyclic) bond motifs is 1. The number of benzene rings is 3. The Balaban J connectivity index is 1.52. The highest BCUT2D eigenvalue weighted by Gasteiger charge is 2.42. The molecule has 2 aliphatic rings. The number of allylic oxidation sites excluding steroid dienone is 1. The van der Waals surface area contributed by atoms with Gasteiger partial charge in [0, 0.05) is 11.6 Å². The maximum absolute atomic E-state index is 5.85. The molecule has 0 radical (unpaired) electrons. The van der Waals surface area contributed by atoms with Crippen molar-refractivity contribution in [3.8, 4) is 0 Å². The van der Waals surface area contributed by atoms with Crippen LogP contribution in [-0.2, 0) is 0 Å². The molecule has 0 aromatic heterocycles. The van der Waals surface area contributed by atoms with Gasteiger partial charge >= 0.3 is 0 Å². The summed E-state index contributed by atoms with van der Waals surface area (Å²) in [4.78, 5) is 0. The van der Waals surface area contributed by atoms with Crippen LogP contribution in [-0.4, -0.2) is 15.8 Å². The Kier molecular flexibility index (Phi) is 5.63. The SMILES string of the molecule is S=C(Nc1ccccc1)N1N=C2/C(=C/c3ccccc3)CCC[C@H]2[C@@H]1c1ccccc1. The second kappa shape index (κ2) is 8.86. The topological polar surface area (TPSA) is 27.6 Å². The van der Waals surface area contributed by atoms with E-state index in [0.717, 1.165) is 18.5 Å². The molecule has 4 heteroatoms. The monoisotopic (exact) mass is 423 g/mol. The summed E-state index contributed by atoms with van der Waals surface area (Å²) < 4.78 is 0. The molecule has 1 saturated carbocycles. The molecule has 0 bridgehead atoms. The molecule has 31 heavy (non-hydrogen) atoms. The summed E-state index contributed by atoms with van der Waals surface area (Å²) in [7, 11) is 0. The van der Waals surface area contributed by atoms with E-state index in [1.807, 2.05) is 35.3 Å². The minimum absolute atomic E-state index is 0.111. The van der Waals surface area contributed by atoms with Gasteiger partial charge in [0.25, 0.3) is 0 Å². The maximum Gasteiger partial charge on any atom is 0.194 e. The third-order valence-electron chi connectivity index (χ3n) is 6.02. The summed E-state index contributed by atoms with van der Waals surface area (Å²) in [5.41, 5.74) is 5.97. The van der Waals surface area contributed by atoms with Gasteiger partial charge in [-0.25, -0.2) is 5.01 Å². The lowest BCUT2D eigenvalue weighted by atomic mass is 9.77. The zero-order valence-electron chi connectivity index (χ0n) is 17.3. The average Bonchev–Trinajstić information content (AvgIpc) is 3.22. The molecule has 0 spiro atoms. The second-order valence-electron chi connectivity index (χ2n) is 8.06. The molecule has 2 atom stereocenters. The number of nitrogens with one attached hydrogen (secondary N) is 1. The van der Waals surface area contributed by atoms with Crippen molar-refractivity contribution in [3.05, 3.63) is 108 Å². The molecule has 1 fully saturated rings. The predicted molar refractivity (Wildman–Crippen MR) is 133 cm³/mol. The third kappa shape index (κ3) is 4.17. The summed E-state index contributed by atoms with van der Waals surface area (Å²) in [5, 5.41) is 11.2. The molecule has 0 saturated heterocycles. The van der Waals surface area contributed by atoms with Crippen LogP contribution >= 0.6 is 12.2 Å². The number of nitrogens with zero attached hydrogens (tertiary/aromatic N) is 2. The highest BCUT2D eigenvalue weighted by molar-refractivity contribution is 7.80. The molecule has 1 aliphatic carbocycles. The smallest absolute Gasteiger partial charge is 0.194 e. The Morgan fingerprint density at radius 2 is 1.55 bits per heavy atom. The highest BCUT2D eigenvalue weighted by Crippen LogP contribution is 2.44. The van der Waals surface area contributed by atoms with Crippen molar-refractivity contribution in [1.82, 2.24) is 5.01 Å². The van der Waals surface area contributed by atoms with Gasteiger partial charge in [-0.05, 0) is 66.4 Å². The van der Waals surface area contributed by atoms with E-state index in [1.165, 1.54) is 28.8 Å². The van der Waals surface area contributed by atoms with Crippen molar-refractivity contribution >= 4 is 34.8 Å². The van der Waals surface area contributed by atoms with E-state index in [9.17, 15) is 0 Å². The first-order chi connectivity index (χ1) is 15.3. The second-order valence-corrected chi connectivity index (χ2v) is 8.45. The molecule has 5 rings (SSSR count). The number of para-hydroxylation sites is 1. The van der Waals surface area contributed by atoms with Gasteiger partial charge in [-0.2, -0.15) is 5.10 Å². The van der Waals surface area contributed by atoms with Gasteiger partial charge in [-0.1, -0.05) is 78.9 Å². The maximum atomic E-state index is 5.85. The zero-order valence-corrected chi connectivity index (χ0v) is 18.1. The van der Waals surface area contributed by atoms with Gasteiger partial charge in [0.05, 0.1) is 11.8 Å². The summed E-state index contributed by atoms with van der Waals surface area (Å²) >= 11 is 5.85. The Labute approximate surface area is 189 Å². The van der Waals surface area contributed by atoms with E-state index in [-0.39, 0.29) is 6.04 Å². The van der Waals surface area contributed by atoms with E-state index >= 15 is 0 Å². The number of rotatable bonds is 3. The molecule has 3 aromatic rings. The van der Waals surface area contributed by atoms with Crippen molar-refractivity contribution < 1.29 is 0 Å². The lowest BCUT2D eigenvalue weighted by Crippen LogP contribution is -2.34. The van der Waals surface area contributed by atoms with E-state index < -0.39 is 0 Å². The van der Waals surface area contributed by atoms with Gasteiger partial charge in [-0.3, -0.25) is 0 Å². The molecule has 3 nitrogen and oxygen atoms in total. The van der Waals surface area contributed by atoms with Crippen LogP contribution in [0, 0.1) is 5.92 Å². The molecule has 0 unspecified atom stereocenters. The number of hydrazone groups is 1. The summed E-state index contributed by atoms with van der Waals surface area (Å²) in [6.07, 6.45) is 5.63. The van der Waals surface area contributed by atoms with E-state index in [4.69, 9.17) is 17.3 Å². The molecule has 154 valence electrons. The molecular formula is C27H25N3S. The third-order valence-corrected chi connectivity index (χ3v) is 6.31. The largest absolute Gasteiger partial charge is 0.331 e. The van der Waals surface area contributed by atoms with E-state index in [0.29, 0.717) is 11.0 Å². The van der Waals surface area contributed by atoms with E-state index in [1.54, 1.807) is 0 Å². The number of thiocarbonyl (C=S) groups is 1. The van der Waals surface area contributed by atoms with Crippen LogP contribution in [0.2, 0.25) is 0 Å². The lowest BCUT2D eigenvalue weighted by Gasteiger charge is -2.30. The van der Waals surface area contributed by atoms with Gasteiger partial charge in [0.1, 0.15) is 0 Å². The molecule has 1 N–H and O–H groups in total. The van der Waals surface area contributed by atoms with Crippen LogP contribution in [0.5, 0.6) is 0 Å². The average molecular weight is 424 g/mol. The first-order valence-corrected chi connectivity index (χ1v) is 11.2. The lowest BCUT2D eigenvalue weighted by molar-refractivity contribution is 0.307. The first-order valence-electron chi connectivity index (χ1n) is 10.8. The van der Waals surface area contributed by atoms with Gasteiger partial charge in [0.15, 0.2) is 5.11 Å². The number of hydrogen-bond acceptors (Lipinski definition) is 2. The Hall–Kier alpha value is -3.24. The van der Waals surface area contributed by atoms with Gasteiger partial charge < -0.3 is 5.32 Å². The summed E-state index contributed by atoms with van der Waals surface area (Å²) in [5.74, 6) is 0.335. The van der Waals surface area contributed by atoms with Crippen LogP contribution in [0.25, 0.3) is 6.08 Å². The van der Waals surface area contributed by atoms with Crippen LogP contribution in [0.1, 0.15) is 36.4 Å². The fourth-order valence-electron chi connectivity index (χ4n) is 4.60. The molecule has 1 aliphatic heterocycles. The molecule has 3 aromatic carbocycles. The van der Waals surface area contributed by atoms with Crippen molar-refractivity contribution in [3.63, 3.8) is 0 Å². The van der Waals surface area contributed by atoms with Crippen LogP contribution in [0.15, 0.2) is 102 Å².